The van der Waals surface area contributed by atoms with Gasteiger partial charge in [0.15, 0.2) is 34.6 Å². The first-order valence-corrected chi connectivity index (χ1v) is 11.6. The molecule has 0 fully saturated rings. The number of phenols is 1. The lowest BCUT2D eigenvalue weighted by molar-refractivity contribution is -0.276. The van der Waals surface area contributed by atoms with Gasteiger partial charge in [-0.1, -0.05) is 24.3 Å². The van der Waals surface area contributed by atoms with E-state index in [1.807, 2.05) is 0 Å². The first-order valence-electron chi connectivity index (χ1n) is 11.6. The predicted octanol–water partition coefficient (Wildman–Crippen LogP) is 5.55. The van der Waals surface area contributed by atoms with E-state index in [2.05, 4.69) is 18.9 Å². The molecule has 9 nitrogen and oxygen atoms in total. The summed E-state index contributed by atoms with van der Waals surface area (Å²) in [6.45, 7) is 0.959. The number of hydrogen-bond donors (Lipinski definition) is 1. The number of rotatable bonds is 12. The second-order valence-electron chi connectivity index (χ2n) is 8.26. The Morgan fingerprint density at radius 2 is 1.31 bits per heavy atom. The van der Waals surface area contributed by atoms with Gasteiger partial charge in [-0.25, -0.2) is 0 Å². The van der Waals surface area contributed by atoms with Crippen molar-refractivity contribution in [3.63, 3.8) is 0 Å². The van der Waals surface area contributed by atoms with Crippen LogP contribution < -0.4 is 14.2 Å². The Bertz CT molecular complexity index is 1380. The number of alkyl halides is 6. The van der Waals surface area contributed by atoms with Crippen LogP contribution in [0.1, 0.15) is 30.9 Å². The Kier molecular flexibility index (Phi) is 11.3. The fourth-order valence-electron chi connectivity index (χ4n) is 3.29. The third-order valence-corrected chi connectivity index (χ3v) is 5.09. The smallest absolute Gasteiger partial charge is 0.504 e. The lowest BCUT2D eigenvalue weighted by Crippen LogP contribution is -2.22. The van der Waals surface area contributed by atoms with Crippen LogP contribution in [0.2, 0.25) is 0 Å². The molecule has 0 saturated carbocycles. The van der Waals surface area contributed by atoms with E-state index in [0.29, 0.717) is 0 Å². The molecule has 226 valence electrons. The molecular weight excluding hydrogens is 582 g/mol. The number of allylic oxidation sites excluding steroid dienone is 2. The van der Waals surface area contributed by atoms with Gasteiger partial charge >= 0.3 is 24.7 Å². The number of halogens is 6. The van der Waals surface area contributed by atoms with Gasteiger partial charge in [-0.15, -0.1) is 26.3 Å². The molecule has 1 N–H and O–H groups in total. The minimum absolute atomic E-state index is 0.0137. The van der Waals surface area contributed by atoms with E-state index in [1.54, 1.807) is 0 Å². The lowest BCUT2D eigenvalue weighted by atomic mass is 9.92. The maximum Gasteiger partial charge on any atom is 0.573 e. The first kappa shape index (κ1) is 33.4. The van der Waals surface area contributed by atoms with Crippen LogP contribution in [0.5, 0.6) is 23.0 Å². The Balaban J connectivity index is 2.32. The zero-order chi connectivity index (χ0) is 31.7. The van der Waals surface area contributed by atoms with Crippen LogP contribution in [-0.4, -0.2) is 48.4 Å². The molecule has 2 rings (SSSR count). The van der Waals surface area contributed by atoms with Crippen LogP contribution in [0.3, 0.4) is 0 Å². The summed E-state index contributed by atoms with van der Waals surface area (Å²) in [5.41, 5.74) is -0.0327. The molecule has 0 spiro atoms. The fourth-order valence-corrected chi connectivity index (χ4v) is 3.29. The van der Waals surface area contributed by atoms with Crippen LogP contribution in [0.25, 0.3) is 12.2 Å². The number of hydrogen-bond acceptors (Lipinski definition) is 9. The van der Waals surface area contributed by atoms with E-state index in [1.165, 1.54) is 6.07 Å². The normalized spacial score (nSPS) is 12.7. The van der Waals surface area contributed by atoms with Crippen molar-refractivity contribution in [1.29, 1.82) is 0 Å². The summed E-state index contributed by atoms with van der Waals surface area (Å²) in [5.74, 6) is -8.09. The minimum Gasteiger partial charge on any atom is -0.504 e. The summed E-state index contributed by atoms with van der Waals surface area (Å²) in [5, 5.41) is 9.56. The summed E-state index contributed by atoms with van der Waals surface area (Å²) < 4.78 is 92.8. The summed E-state index contributed by atoms with van der Waals surface area (Å²) in [6.07, 6.45) is -7.14. The zero-order valence-corrected chi connectivity index (χ0v) is 21.7. The van der Waals surface area contributed by atoms with Crippen LogP contribution in [0.15, 0.2) is 48.6 Å². The van der Waals surface area contributed by atoms with Crippen LogP contribution in [-0.2, 0) is 23.9 Å². The Morgan fingerprint density at radius 3 is 1.81 bits per heavy atom. The van der Waals surface area contributed by atoms with Gasteiger partial charge in [0, 0.05) is 13.3 Å². The van der Waals surface area contributed by atoms with Crippen molar-refractivity contribution in [2.24, 2.45) is 5.92 Å². The highest BCUT2D eigenvalue weighted by Crippen LogP contribution is 2.34. The Labute approximate surface area is 233 Å². The summed E-state index contributed by atoms with van der Waals surface area (Å²) in [7, 11) is 1.08. The number of benzene rings is 2. The van der Waals surface area contributed by atoms with Gasteiger partial charge in [-0.3, -0.25) is 19.2 Å². The summed E-state index contributed by atoms with van der Waals surface area (Å²) >= 11 is 0. The largest absolute Gasteiger partial charge is 0.573 e. The van der Waals surface area contributed by atoms with Gasteiger partial charge in [-0.2, -0.15) is 0 Å². The number of ether oxygens (including phenoxy) is 4. The van der Waals surface area contributed by atoms with Gasteiger partial charge in [0.25, 0.3) is 0 Å². The molecule has 0 amide bonds. The molecule has 0 bridgehead atoms. The fraction of sp³-hybridized carbons (Fsp3) is 0.259. The number of carbonyl (C=O) groups excluding carboxylic acids is 4. The monoisotopic (exact) mass is 604 g/mol. The lowest BCUT2D eigenvalue weighted by Gasteiger charge is -2.13. The van der Waals surface area contributed by atoms with E-state index in [9.17, 15) is 50.6 Å². The molecule has 0 saturated heterocycles. The van der Waals surface area contributed by atoms with Crippen molar-refractivity contribution in [3.8, 4) is 23.0 Å². The first-order chi connectivity index (χ1) is 19.5. The van der Waals surface area contributed by atoms with E-state index in [0.717, 1.165) is 68.7 Å². The second-order valence-corrected chi connectivity index (χ2v) is 8.26. The van der Waals surface area contributed by atoms with Crippen LogP contribution >= 0.6 is 0 Å². The molecule has 15 heteroatoms. The molecule has 1 unspecified atom stereocenters. The van der Waals surface area contributed by atoms with Crippen molar-refractivity contribution >= 4 is 35.7 Å². The number of aromatic hydroxyl groups is 1. The van der Waals surface area contributed by atoms with Gasteiger partial charge in [0.05, 0.1) is 13.0 Å². The topological polar surface area (TPSA) is 125 Å². The van der Waals surface area contributed by atoms with Gasteiger partial charge in [0.1, 0.15) is 0 Å². The third-order valence-electron chi connectivity index (χ3n) is 5.09. The molecule has 1 atom stereocenters. The molecule has 0 radical (unpaired) electrons. The van der Waals surface area contributed by atoms with Crippen molar-refractivity contribution in [3.05, 3.63) is 59.7 Å². The Hall–Kier alpha value is -4.82. The van der Waals surface area contributed by atoms with E-state index in [-0.39, 0.29) is 24.0 Å². The molecule has 0 heterocycles. The van der Waals surface area contributed by atoms with Gasteiger partial charge < -0.3 is 24.1 Å². The number of ketones is 2. The van der Waals surface area contributed by atoms with E-state index >= 15 is 0 Å². The van der Waals surface area contributed by atoms with Gasteiger partial charge in [0.2, 0.25) is 0 Å². The standard InChI is InChI=1S/C27H22F6O9/c1-15(34)40-22-11-6-17(14-24(22)42-27(31,32)33)4-9-20(36)18(7-12-25(38)39-2)19(35)8-3-16-5-10-21(37)23(13-16)41-26(28,29)30/h3-6,8-11,13-14,18,37H,7,12H2,1-2H3/b8-3+,9-4+. The van der Waals surface area contributed by atoms with Crippen molar-refractivity contribution in [1.82, 2.24) is 0 Å². The SMILES string of the molecule is COC(=O)CCC(C(=O)/C=C/c1ccc(O)c(OC(F)(F)F)c1)C(=O)/C=C/c1ccc(OC(C)=O)c(OC(F)(F)F)c1. The quantitative estimate of drug-likeness (QED) is 0.109. The average Bonchev–Trinajstić information content (AvgIpc) is 2.87. The number of methoxy groups -OCH3 is 1. The highest BCUT2D eigenvalue weighted by Gasteiger charge is 2.33. The molecule has 0 aromatic heterocycles. The second kappa shape index (κ2) is 14.2. The minimum atomic E-state index is -5.14. The summed E-state index contributed by atoms with van der Waals surface area (Å²) in [6, 6.07) is 5.85. The maximum absolute atomic E-state index is 12.9. The highest BCUT2D eigenvalue weighted by molar-refractivity contribution is 6.13. The number of esters is 2. The molecule has 0 aliphatic carbocycles. The van der Waals surface area contributed by atoms with Crippen molar-refractivity contribution in [2.75, 3.05) is 7.11 Å². The number of carbonyl (C=O) groups is 4. The predicted molar refractivity (Wildman–Crippen MR) is 132 cm³/mol. The Morgan fingerprint density at radius 1 is 0.810 bits per heavy atom. The zero-order valence-electron chi connectivity index (χ0n) is 21.7. The summed E-state index contributed by atoms with van der Waals surface area (Å²) in [4.78, 5) is 48.6. The van der Waals surface area contributed by atoms with E-state index in [4.69, 9.17) is 0 Å². The number of phenolic OH excluding ortho intramolecular Hbond substituents is 1. The highest BCUT2D eigenvalue weighted by atomic mass is 19.4. The van der Waals surface area contributed by atoms with Crippen molar-refractivity contribution in [2.45, 2.75) is 32.5 Å². The maximum atomic E-state index is 12.9. The molecule has 0 aliphatic heterocycles. The van der Waals surface area contributed by atoms with E-state index < -0.39 is 65.1 Å². The van der Waals surface area contributed by atoms with Gasteiger partial charge in [-0.05, 0) is 54.0 Å². The molecule has 2 aromatic rings. The molecular formula is C27H22F6O9. The van der Waals surface area contributed by atoms with Crippen LogP contribution in [0, 0.1) is 5.92 Å². The van der Waals surface area contributed by atoms with Crippen LogP contribution in [0.4, 0.5) is 26.3 Å². The molecule has 0 aliphatic rings. The van der Waals surface area contributed by atoms with Crippen molar-refractivity contribution < 1.29 is 69.6 Å². The molecule has 2 aromatic carbocycles. The average molecular weight is 604 g/mol. The third kappa shape index (κ3) is 11.3. The molecule has 42 heavy (non-hydrogen) atoms.